The van der Waals surface area contributed by atoms with Gasteiger partial charge in [-0.2, -0.15) is 0 Å². The Labute approximate surface area is 117 Å². The van der Waals surface area contributed by atoms with Gasteiger partial charge in [-0.3, -0.25) is 4.79 Å². The zero-order valence-electron chi connectivity index (χ0n) is 10.3. The minimum Gasteiger partial charge on any atom is -0.370 e. The van der Waals surface area contributed by atoms with Crippen molar-refractivity contribution < 1.29 is 9.53 Å². The van der Waals surface area contributed by atoms with Crippen molar-refractivity contribution in [1.29, 1.82) is 0 Å². The van der Waals surface area contributed by atoms with Crippen LogP contribution >= 0.6 is 23.2 Å². The Balaban J connectivity index is 2.21. The molecule has 0 bridgehead atoms. The van der Waals surface area contributed by atoms with Crippen molar-refractivity contribution in [2.45, 2.75) is 37.7 Å². The predicted molar refractivity (Wildman–Crippen MR) is 73.4 cm³/mol. The molecule has 98 valence electrons. The predicted octanol–water partition coefficient (Wildman–Crippen LogP) is 4.06. The molecule has 0 atom stereocenters. The molecule has 1 saturated carbocycles. The van der Waals surface area contributed by atoms with Gasteiger partial charge in [-0.15, -0.1) is 0 Å². The second-order valence-electron chi connectivity index (χ2n) is 4.71. The molecular formula is C14H16Cl2O2. The number of ether oxygens (including phenoxy) is 1. The number of benzene rings is 1. The quantitative estimate of drug-likeness (QED) is 0.834. The van der Waals surface area contributed by atoms with Crippen LogP contribution in [-0.2, 0) is 16.0 Å². The van der Waals surface area contributed by atoms with Crippen molar-refractivity contribution in [3.63, 3.8) is 0 Å². The van der Waals surface area contributed by atoms with E-state index in [1.54, 1.807) is 25.3 Å². The molecule has 1 aromatic carbocycles. The lowest BCUT2D eigenvalue weighted by molar-refractivity contribution is -0.139. The van der Waals surface area contributed by atoms with E-state index < -0.39 is 5.60 Å². The maximum absolute atomic E-state index is 12.4. The summed E-state index contributed by atoms with van der Waals surface area (Å²) in [6.07, 6.45) is 3.91. The van der Waals surface area contributed by atoms with Crippen molar-refractivity contribution in [3.8, 4) is 0 Å². The average Bonchev–Trinajstić information content (AvgIpc) is 2.84. The second kappa shape index (κ2) is 5.60. The number of Topliss-reactive ketones (excluding diaryl/α,β-unsaturated/α-hetero) is 1. The summed E-state index contributed by atoms with van der Waals surface area (Å²) in [7, 11) is 1.61. The summed E-state index contributed by atoms with van der Waals surface area (Å²) < 4.78 is 5.48. The van der Waals surface area contributed by atoms with Crippen LogP contribution in [0.1, 0.15) is 31.2 Å². The highest BCUT2D eigenvalue weighted by molar-refractivity contribution is 6.36. The van der Waals surface area contributed by atoms with Crippen molar-refractivity contribution in [2.24, 2.45) is 0 Å². The Bertz CT molecular complexity index is 431. The van der Waals surface area contributed by atoms with E-state index in [1.165, 1.54) is 0 Å². The molecule has 0 aromatic heterocycles. The third-order valence-corrected chi connectivity index (χ3v) is 4.42. The Kier molecular flexibility index (Phi) is 4.31. The lowest BCUT2D eigenvalue weighted by atomic mass is 9.91. The molecular weight excluding hydrogens is 271 g/mol. The summed E-state index contributed by atoms with van der Waals surface area (Å²) in [6, 6.07) is 5.29. The molecule has 2 rings (SSSR count). The standard InChI is InChI=1S/C14H16Cl2O2/c1-18-14(7-2-3-8-14)13(17)9-10-11(15)5-4-6-12(10)16/h4-6H,2-3,7-9H2,1H3. The largest absolute Gasteiger partial charge is 0.370 e. The monoisotopic (exact) mass is 286 g/mol. The average molecular weight is 287 g/mol. The second-order valence-corrected chi connectivity index (χ2v) is 5.52. The fraction of sp³-hybridized carbons (Fsp3) is 0.500. The van der Waals surface area contributed by atoms with E-state index in [-0.39, 0.29) is 12.2 Å². The van der Waals surface area contributed by atoms with Crippen LogP contribution in [0.25, 0.3) is 0 Å². The van der Waals surface area contributed by atoms with Crippen LogP contribution in [0.2, 0.25) is 10.0 Å². The van der Waals surface area contributed by atoms with Gasteiger partial charge < -0.3 is 4.74 Å². The first-order valence-corrected chi connectivity index (χ1v) is 6.86. The Morgan fingerprint density at radius 1 is 1.28 bits per heavy atom. The summed E-state index contributed by atoms with van der Waals surface area (Å²) in [5.41, 5.74) is 0.0804. The summed E-state index contributed by atoms with van der Waals surface area (Å²) in [6.45, 7) is 0. The van der Waals surface area contributed by atoms with Gasteiger partial charge in [0, 0.05) is 23.6 Å². The topological polar surface area (TPSA) is 26.3 Å². The molecule has 18 heavy (non-hydrogen) atoms. The molecule has 0 N–H and O–H groups in total. The van der Waals surface area contributed by atoms with E-state index in [9.17, 15) is 4.79 Å². The maximum Gasteiger partial charge on any atom is 0.169 e. The van der Waals surface area contributed by atoms with Gasteiger partial charge in [0.2, 0.25) is 0 Å². The summed E-state index contributed by atoms with van der Waals surface area (Å²) in [4.78, 5) is 12.4. The molecule has 0 spiro atoms. The molecule has 1 aromatic rings. The lowest BCUT2D eigenvalue weighted by Gasteiger charge is -2.26. The van der Waals surface area contributed by atoms with Crippen LogP contribution in [0.15, 0.2) is 18.2 Å². The third-order valence-electron chi connectivity index (χ3n) is 3.71. The maximum atomic E-state index is 12.4. The Hall–Kier alpha value is -0.570. The Morgan fingerprint density at radius 2 is 1.83 bits per heavy atom. The molecule has 1 aliphatic rings. The number of hydrogen-bond donors (Lipinski definition) is 0. The normalized spacial score (nSPS) is 17.9. The van der Waals surface area contributed by atoms with E-state index >= 15 is 0 Å². The van der Waals surface area contributed by atoms with E-state index in [4.69, 9.17) is 27.9 Å². The van der Waals surface area contributed by atoms with Gasteiger partial charge in [0.05, 0.1) is 0 Å². The third kappa shape index (κ3) is 2.56. The number of carbonyl (C=O) groups excluding carboxylic acids is 1. The first-order chi connectivity index (χ1) is 8.59. The van der Waals surface area contributed by atoms with Crippen molar-refractivity contribution in [2.75, 3.05) is 7.11 Å². The molecule has 1 aliphatic carbocycles. The molecule has 0 saturated heterocycles. The summed E-state index contributed by atoms with van der Waals surface area (Å²) in [5.74, 6) is 0.0810. The van der Waals surface area contributed by atoms with Crippen LogP contribution in [0.5, 0.6) is 0 Å². The fourth-order valence-electron chi connectivity index (χ4n) is 2.57. The van der Waals surface area contributed by atoms with Crippen LogP contribution in [0.4, 0.5) is 0 Å². The highest BCUT2D eigenvalue weighted by Gasteiger charge is 2.40. The Morgan fingerprint density at radius 3 is 2.33 bits per heavy atom. The van der Waals surface area contributed by atoms with Crippen LogP contribution in [0, 0.1) is 0 Å². The first-order valence-electron chi connectivity index (χ1n) is 6.10. The zero-order chi connectivity index (χ0) is 13.2. The van der Waals surface area contributed by atoms with E-state index in [0.29, 0.717) is 15.6 Å². The van der Waals surface area contributed by atoms with Gasteiger partial charge in [0.15, 0.2) is 5.78 Å². The molecule has 1 fully saturated rings. The lowest BCUT2D eigenvalue weighted by Crippen LogP contribution is -2.39. The van der Waals surface area contributed by atoms with E-state index in [1.807, 2.05) is 0 Å². The molecule has 0 radical (unpaired) electrons. The minimum atomic E-state index is -0.623. The molecule has 4 heteroatoms. The molecule has 0 aliphatic heterocycles. The van der Waals surface area contributed by atoms with Crippen molar-refractivity contribution in [3.05, 3.63) is 33.8 Å². The number of rotatable bonds is 4. The van der Waals surface area contributed by atoms with Gasteiger partial charge in [0.1, 0.15) is 5.60 Å². The first kappa shape index (κ1) is 13.9. The van der Waals surface area contributed by atoms with Crippen LogP contribution in [-0.4, -0.2) is 18.5 Å². The highest BCUT2D eigenvalue weighted by Crippen LogP contribution is 2.36. The zero-order valence-corrected chi connectivity index (χ0v) is 11.9. The minimum absolute atomic E-state index is 0.0810. The van der Waals surface area contributed by atoms with Gasteiger partial charge in [-0.1, -0.05) is 29.3 Å². The van der Waals surface area contributed by atoms with E-state index in [0.717, 1.165) is 25.7 Å². The summed E-state index contributed by atoms with van der Waals surface area (Å²) >= 11 is 12.2. The fourth-order valence-corrected chi connectivity index (χ4v) is 3.10. The molecule has 2 nitrogen and oxygen atoms in total. The van der Waals surface area contributed by atoms with Gasteiger partial charge in [-0.25, -0.2) is 0 Å². The van der Waals surface area contributed by atoms with Crippen LogP contribution < -0.4 is 0 Å². The van der Waals surface area contributed by atoms with Gasteiger partial charge in [-0.05, 0) is 43.4 Å². The van der Waals surface area contributed by atoms with Crippen LogP contribution in [0.3, 0.4) is 0 Å². The highest BCUT2D eigenvalue weighted by atomic mass is 35.5. The molecule has 0 amide bonds. The number of carbonyl (C=O) groups is 1. The number of halogens is 2. The number of hydrogen-bond acceptors (Lipinski definition) is 2. The number of methoxy groups -OCH3 is 1. The molecule has 0 heterocycles. The summed E-state index contributed by atoms with van der Waals surface area (Å²) in [5, 5.41) is 1.08. The van der Waals surface area contributed by atoms with E-state index in [2.05, 4.69) is 0 Å². The SMILES string of the molecule is COC1(C(=O)Cc2c(Cl)cccc2Cl)CCCC1. The van der Waals surface area contributed by atoms with Crippen molar-refractivity contribution in [1.82, 2.24) is 0 Å². The smallest absolute Gasteiger partial charge is 0.169 e. The van der Waals surface area contributed by atoms with Crippen molar-refractivity contribution >= 4 is 29.0 Å². The number of ketones is 1. The van der Waals surface area contributed by atoms with Gasteiger partial charge in [0.25, 0.3) is 0 Å². The molecule has 0 unspecified atom stereocenters. The van der Waals surface area contributed by atoms with Gasteiger partial charge >= 0.3 is 0 Å².